The molecule has 1 amide bonds. The van der Waals surface area contributed by atoms with E-state index in [0.29, 0.717) is 17.9 Å². The average Bonchev–Trinajstić information content (AvgIpc) is 3.66. The Kier molecular flexibility index (Phi) is 6.53. The van der Waals surface area contributed by atoms with E-state index in [1.54, 1.807) is 33.6 Å². The zero-order valence-corrected chi connectivity index (χ0v) is 23.6. The molecule has 198 valence electrons. The molecule has 0 atom stereocenters. The molecule has 0 unspecified atom stereocenters. The molecule has 1 aliphatic rings. The van der Waals surface area contributed by atoms with Crippen LogP contribution in [-0.4, -0.2) is 65.9 Å². The summed E-state index contributed by atoms with van der Waals surface area (Å²) < 4.78 is 9.53. The van der Waals surface area contributed by atoms with Crippen molar-refractivity contribution in [2.45, 2.75) is 19.1 Å². The number of methoxy groups -OCH3 is 1. The second-order valence-electron chi connectivity index (χ2n) is 9.36. The summed E-state index contributed by atoms with van der Waals surface area (Å²) in [6.45, 7) is 2.65. The largest absolute Gasteiger partial charge is 0.497 e. The first-order valence-electron chi connectivity index (χ1n) is 12.2. The first-order valence-corrected chi connectivity index (χ1v) is 13.8. The first kappa shape index (κ1) is 25.4. The maximum absolute atomic E-state index is 13.4. The number of halogens is 1. The van der Waals surface area contributed by atoms with E-state index in [4.69, 9.17) is 4.74 Å². The Balaban J connectivity index is 1.21. The van der Waals surface area contributed by atoms with Gasteiger partial charge in [-0.25, -0.2) is 14.3 Å². The summed E-state index contributed by atoms with van der Waals surface area (Å²) >= 11 is 4.94. The maximum atomic E-state index is 13.4. The maximum Gasteiger partial charge on any atom is 0.274 e. The number of aromatic nitrogens is 6. The predicted molar refractivity (Wildman–Crippen MR) is 149 cm³/mol. The second-order valence-corrected chi connectivity index (χ2v) is 11.7. The fourth-order valence-electron chi connectivity index (χ4n) is 4.55. The molecule has 3 aromatic heterocycles. The van der Waals surface area contributed by atoms with Gasteiger partial charge in [-0.05, 0) is 65.3 Å². The molecule has 6 rings (SSSR count). The van der Waals surface area contributed by atoms with E-state index in [0.717, 1.165) is 37.2 Å². The Morgan fingerprint density at radius 2 is 1.90 bits per heavy atom. The molecule has 1 fully saturated rings. The van der Waals surface area contributed by atoms with Crippen LogP contribution >= 0.6 is 27.3 Å². The van der Waals surface area contributed by atoms with Crippen LogP contribution in [-0.2, 0) is 12.1 Å². The van der Waals surface area contributed by atoms with E-state index in [2.05, 4.69) is 36.3 Å². The number of nitrogens with zero attached hydrogens (tertiary/aromatic N) is 7. The van der Waals surface area contributed by atoms with Gasteiger partial charge in [0, 0.05) is 5.56 Å². The van der Waals surface area contributed by atoms with Crippen LogP contribution in [0.2, 0.25) is 0 Å². The van der Waals surface area contributed by atoms with Gasteiger partial charge in [-0.15, -0.1) is 16.4 Å². The zero-order valence-electron chi connectivity index (χ0n) is 21.2. The van der Waals surface area contributed by atoms with E-state index in [-0.39, 0.29) is 19.0 Å². The van der Waals surface area contributed by atoms with Crippen molar-refractivity contribution < 1.29 is 14.6 Å². The van der Waals surface area contributed by atoms with E-state index in [1.165, 1.54) is 11.3 Å². The van der Waals surface area contributed by atoms with Crippen LogP contribution in [0.15, 0.2) is 70.8 Å². The third-order valence-corrected chi connectivity index (χ3v) is 8.29. The number of benzene rings is 2. The lowest BCUT2D eigenvalue weighted by Crippen LogP contribution is -2.61. The average molecular weight is 607 g/mol. The molecule has 12 heteroatoms. The third-order valence-electron chi connectivity index (χ3n) is 6.69. The van der Waals surface area contributed by atoms with Gasteiger partial charge in [0.05, 0.1) is 54.9 Å². The monoisotopic (exact) mass is 605 g/mol. The number of aryl methyl sites for hydroxylation is 1. The number of para-hydroxylation sites is 1. The van der Waals surface area contributed by atoms with Gasteiger partial charge in [0.2, 0.25) is 0 Å². The van der Waals surface area contributed by atoms with Crippen LogP contribution in [0.1, 0.15) is 26.8 Å². The van der Waals surface area contributed by atoms with Crippen molar-refractivity contribution in [2.24, 2.45) is 0 Å². The number of carbonyl (C=O) groups excluding carboxylic acids is 1. The number of hydrogen-bond donors (Lipinski definition) is 1. The molecule has 1 saturated heterocycles. The highest BCUT2D eigenvalue weighted by Gasteiger charge is 2.48. The Morgan fingerprint density at radius 3 is 2.56 bits per heavy atom. The number of amides is 1. The lowest BCUT2D eigenvalue weighted by atomic mass is 9.90. The van der Waals surface area contributed by atoms with Gasteiger partial charge in [0.15, 0.2) is 9.61 Å². The smallest absolute Gasteiger partial charge is 0.274 e. The number of thiazole rings is 1. The number of likely N-dealkylation sites (tertiary alicyclic amines) is 1. The molecule has 0 bridgehead atoms. The van der Waals surface area contributed by atoms with E-state index in [9.17, 15) is 9.90 Å². The minimum absolute atomic E-state index is 0.103. The lowest BCUT2D eigenvalue weighted by Gasteiger charge is -2.44. The van der Waals surface area contributed by atoms with Crippen LogP contribution < -0.4 is 4.74 Å². The van der Waals surface area contributed by atoms with Crippen molar-refractivity contribution in [1.29, 1.82) is 0 Å². The standard InChI is InChI=1S/C27H24BrN7O3S/c1-17-23(39-26(28)29-17)13-34-14-24(30-32-34)27(37)15-33(16-27)25(36)21-12-22(18-8-10-20(38-2)11-9-18)35(31-21)19-6-4-3-5-7-19/h3-12,14,37H,13,15-16H2,1-2H3. The van der Waals surface area contributed by atoms with Crippen molar-refractivity contribution in [3.63, 3.8) is 0 Å². The highest BCUT2D eigenvalue weighted by molar-refractivity contribution is 9.11. The lowest BCUT2D eigenvalue weighted by molar-refractivity contribution is -0.0894. The van der Waals surface area contributed by atoms with Gasteiger partial charge in [-0.1, -0.05) is 23.4 Å². The topological polar surface area (TPSA) is 111 Å². The van der Waals surface area contributed by atoms with Crippen molar-refractivity contribution in [3.8, 4) is 22.7 Å². The molecule has 0 aliphatic carbocycles. The van der Waals surface area contributed by atoms with E-state index in [1.807, 2.05) is 61.5 Å². The SMILES string of the molecule is COc1ccc(-c2cc(C(=O)N3CC(O)(c4cn(Cc5sc(Br)nc5C)nn4)C3)nn2-c2ccccc2)cc1. The second kappa shape index (κ2) is 10.0. The van der Waals surface area contributed by atoms with Gasteiger partial charge in [0.25, 0.3) is 5.91 Å². The Bertz CT molecular complexity index is 1640. The number of β-amino-alcohol motifs (C(OH)–C–C–N with tert-alkyl or cyclic N) is 1. The summed E-state index contributed by atoms with van der Waals surface area (Å²) in [6, 6.07) is 19.0. The third kappa shape index (κ3) is 4.86. The molecule has 39 heavy (non-hydrogen) atoms. The normalized spacial score (nSPS) is 14.3. The molecular weight excluding hydrogens is 582 g/mol. The molecule has 1 aliphatic heterocycles. The van der Waals surface area contributed by atoms with Crippen molar-refractivity contribution in [3.05, 3.63) is 92.7 Å². The summed E-state index contributed by atoms with van der Waals surface area (Å²) in [4.78, 5) is 20.4. The minimum atomic E-state index is -1.27. The Labute approximate surface area is 236 Å². The molecular formula is C27H24BrN7O3S. The van der Waals surface area contributed by atoms with Gasteiger partial charge < -0.3 is 14.7 Å². The first-order chi connectivity index (χ1) is 18.8. The molecule has 2 aromatic carbocycles. The molecule has 5 aromatic rings. The number of aliphatic hydroxyl groups is 1. The summed E-state index contributed by atoms with van der Waals surface area (Å²) in [5.41, 5.74) is 2.89. The van der Waals surface area contributed by atoms with Crippen molar-refractivity contribution in [1.82, 2.24) is 34.7 Å². The van der Waals surface area contributed by atoms with Crippen molar-refractivity contribution in [2.75, 3.05) is 20.2 Å². The van der Waals surface area contributed by atoms with Gasteiger partial charge in [-0.2, -0.15) is 5.10 Å². The molecule has 0 radical (unpaired) electrons. The van der Waals surface area contributed by atoms with Crippen LogP contribution in [0.4, 0.5) is 0 Å². The number of ether oxygens (including phenoxy) is 1. The molecule has 0 spiro atoms. The quantitative estimate of drug-likeness (QED) is 0.298. The summed E-state index contributed by atoms with van der Waals surface area (Å²) in [5, 5.41) is 24.2. The van der Waals surface area contributed by atoms with Gasteiger partial charge in [-0.3, -0.25) is 4.79 Å². The van der Waals surface area contributed by atoms with Gasteiger partial charge >= 0.3 is 0 Å². The fourth-order valence-corrected chi connectivity index (χ4v) is 6.18. The highest BCUT2D eigenvalue weighted by Crippen LogP contribution is 2.33. The fraction of sp³-hybridized carbons (Fsp3) is 0.222. The zero-order chi connectivity index (χ0) is 27.1. The van der Waals surface area contributed by atoms with Crippen LogP contribution in [0, 0.1) is 6.92 Å². The summed E-state index contributed by atoms with van der Waals surface area (Å²) in [6.07, 6.45) is 1.72. The minimum Gasteiger partial charge on any atom is -0.497 e. The van der Waals surface area contributed by atoms with Gasteiger partial charge in [0.1, 0.15) is 17.0 Å². The van der Waals surface area contributed by atoms with Crippen LogP contribution in [0.3, 0.4) is 0 Å². The Hall–Kier alpha value is -3.87. The van der Waals surface area contributed by atoms with E-state index >= 15 is 0 Å². The van der Waals surface area contributed by atoms with E-state index < -0.39 is 5.60 Å². The molecule has 10 nitrogen and oxygen atoms in total. The number of hydrogen-bond acceptors (Lipinski definition) is 8. The van der Waals surface area contributed by atoms with Crippen LogP contribution in [0.5, 0.6) is 5.75 Å². The molecule has 1 N–H and O–H groups in total. The molecule has 0 saturated carbocycles. The predicted octanol–water partition coefficient (Wildman–Crippen LogP) is 4.06. The number of carbonyl (C=O) groups is 1. The van der Waals surface area contributed by atoms with Crippen molar-refractivity contribution >= 4 is 33.2 Å². The van der Waals surface area contributed by atoms with Crippen LogP contribution in [0.25, 0.3) is 16.9 Å². The Morgan fingerprint density at radius 1 is 1.15 bits per heavy atom. The molecule has 4 heterocycles. The summed E-state index contributed by atoms with van der Waals surface area (Å²) in [5.74, 6) is 0.481. The summed E-state index contributed by atoms with van der Waals surface area (Å²) in [7, 11) is 1.62. The number of rotatable bonds is 7. The highest BCUT2D eigenvalue weighted by atomic mass is 79.9.